The van der Waals surface area contributed by atoms with Crippen LogP contribution < -0.4 is 0 Å². The van der Waals surface area contributed by atoms with Gasteiger partial charge in [-0.3, -0.25) is 0 Å². The van der Waals surface area contributed by atoms with E-state index in [2.05, 4.69) is 15.2 Å². The number of hydrogen-bond donors (Lipinski definition) is 1. The van der Waals surface area contributed by atoms with Gasteiger partial charge in [-0.2, -0.15) is 0 Å². The Morgan fingerprint density at radius 2 is 2.50 bits per heavy atom. The second-order valence-electron chi connectivity index (χ2n) is 1.71. The lowest BCUT2D eigenvalue weighted by Crippen LogP contribution is -1.81. The highest BCUT2D eigenvalue weighted by Crippen LogP contribution is 2.11. The molecule has 0 fully saturated rings. The van der Waals surface area contributed by atoms with Crippen molar-refractivity contribution in [3.8, 4) is 0 Å². The highest BCUT2D eigenvalue weighted by Gasteiger charge is 1.95. The molecule has 0 amide bonds. The number of fused-ring (bicyclic) bond motifs is 1. The quantitative estimate of drug-likeness (QED) is 0.630. The molecule has 0 radical (unpaired) electrons. The SMILES string of the molecule is [2H]c1[nH]c2nnc(Cl)c([2H])c2c1[2H]. The fraction of sp³-hybridized carbons (Fsp3) is 0. The fourth-order valence-corrected chi connectivity index (χ4v) is 0.794. The van der Waals surface area contributed by atoms with Gasteiger partial charge in [0, 0.05) is 11.6 Å². The monoisotopic (exact) mass is 156 g/mol. The van der Waals surface area contributed by atoms with E-state index in [9.17, 15) is 0 Å². The van der Waals surface area contributed by atoms with Gasteiger partial charge in [-0.05, 0) is 12.1 Å². The number of aromatic nitrogens is 3. The second-order valence-corrected chi connectivity index (χ2v) is 2.07. The normalized spacial score (nSPS) is 14.7. The van der Waals surface area contributed by atoms with Gasteiger partial charge in [0.15, 0.2) is 10.8 Å². The van der Waals surface area contributed by atoms with Crippen molar-refractivity contribution in [3.05, 3.63) is 23.4 Å². The molecule has 3 nitrogen and oxygen atoms in total. The summed E-state index contributed by atoms with van der Waals surface area (Å²) in [4.78, 5) is 2.52. The molecule has 0 aliphatic carbocycles. The minimum atomic E-state index is -0.0833. The van der Waals surface area contributed by atoms with Gasteiger partial charge in [-0.15, -0.1) is 10.2 Å². The third-order valence-corrected chi connectivity index (χ3v) is 1.24. The molecule has 2 heterocycles. The first kappa shape index (κ1) is 3.34. The largest absolute Gasteiger partial charge is 0.345 e. The van der Waals surface area contributed by atoms with Gasteiger partial charge < -0.3 is 4.98 Å². The number of nitrogens with zero attached hydrogens (tertiary/aromatic N) is 2. The first-order valence-corrected chi connectivity index (χ1v) is 2.96. The molecule has 0 unspecified atom stereocenters. The standard InChI is InChI=1S/C6H4ClN3/c7-5-3-4-1-2-8-6(4)10-9-5/h1-3H,(H,8,10)/i1D,2D,3D. The lowest BCUT2D eigenvalue weighted by atomic mass is 10.4. The minimum absolute atomic E-state index is 0.0556. The second kappa shape index (κ2) is 1.95. The Balaban J connectivity index is 2.97. The van der Waals surface area contributed by atoms with Gasteiger partial charge in [0.25, 0.3) is 0 Å². The molecule has 0 saturated carbocycles. The van der Waals surface area contributed by atoms with Gasteiger partial charge in [-0.25, -0.2) is 0 Å². The van der Waals surface area contributed by atoms with E-state index in [4.69, 9.17) is 15.7 Å². The Labute approximate surface area is 66.2 Å². The number of rotatable bonds is 0. The Morgan fingerprint density at radius 1 is 1.60 bits per heavy atom. The van der Waals surface area contributed by atoms with E-state index >= 15 is 0 Å². The highest BCUT2D eigenvalue weighted by atomic mass is 35.5. The number of H-pyrrole nitrogens is 1. The van der Waals surface area contributed by atoms with Crippen molar-refractivity contribution in [1.82, 2.24) is 15.2 Å². The maximum Gasteiger partial charge on any atom is 0.160 e. The van der Waals surface area contributed by atoms with Crippen LogP contribution >= 0.6 is 11.6 Å². The molecule has 0 saturated heterocycles. The lowest BCUT2D eigenvalue weighted by Gasteiger charge is -1.86. The molecule has 2 aromatic heterocycles. The molecule has 2 aromatic rings. The molecule has 0 atom stereocenters. The van der Waals surface area contributed by atoms with Crippen LogP contribution in [0.4, 0.5) is 0 Å². The third-order valence-electron chi connectivity index (χ3n) is 1.07. The Kier molecular flexibility index (Phi) is 0.653. The van der Waals surface area contributed by atoms with Gasteiger partial charge in [0.2, 0.25) is 0 Å². The fourth-order valence-electron chi connectivity index (χ4n) is 0.662. The molecule has 4 heteroatoms. The van der Waals surface area contributed by atoms with Crippen molar-refractivity contribution in [1.29, 1.82) is 0 Å². The average molecular weight is 157 g/mol. The lowest BCUT2D eigenvalue weighted by molar-refractivity contribution is 1.06. The number of halogens is 1. The summed E-state index contributed by atoms with van der Waals surface area (Å²) in [7, 11) is 0. The van der Waals surface area contributed by atoms with Crippen molar-refractivity contribution in [2.75, 3.05) is 0 Å². The first-order valence-electron chi connectivity index (χ1n) is 4.09. The summed E-state index contributed by atoms with van der Waals surface area (Å²) in [6.07, 6.45) is -0.0833. The number of hydrogen-bond acceptors (Lipinski definition) is 2. The van der Waals surface area contributed by atoms with Crippen LogP contribution in [0.3, 0.4) is 0 Å². The molecule has 0 aliphatic rings. The van der Waals surface area contributed by atoms with Crippen molar-refractivity contribution >= 4 is 22.6 Å². The summed E-state index contributed by atoms with van der Waals surface area (Å²) in [5.41, 5.74) is 0.254. The van der Waals surface area contributed by atoms with Crippen LogP contribution in [0.1, 0.15) is 4.11 Å². The zero-order valence-electron chi connectivity index (χ0n) is 7.77. The van der Waals surface area contributed by atoms with E-state index in [0.717, 1.165) is 0 Å². The van der Waals surface area contributed by atoms with Crippen LogP contribution in [-0.4, -0.2) is 15.2 Å². The summed E-state index contributed by atoms with van der Waals surface area (Å²) in [6.45, 7) is 0. The van der Waals surface area contributed by atoms with Gasteiger partial charge in [0.05, 0.1) is 4.11 Å². The smallest absolute Gasteiger partial charge is 0.160 e. The summed E-state index contributed by atoms with van der Waals surface area (Å²) in [6, 6.07) is -0.136. The molecule has 0 aliphatic heterocycles. The Hall–Kier alpha value is -1.09. The van der Waals surface area contributed by atoms with Crippen LogP contribution in [-0.2, 0) is 0 Å². The average Bonchev–Trinajstić information content (AvgIpc) is 2.37. The molecule has 10 heavy (non-hydrogen) atoms. The first-order chi connectivity index (χ1) is 6.11. The highest BCUT2D eigenvalue weighted by molar-refractivity contribution is 6.29. The number of aromatic amines is 1. The molecule has 0 aromatic carbocycles. The molecule has 50 valence electrons. The third kappa shape index (κ3) is 0.752. The summed E-state index contributed by atoms with van der Waals surface area (Å²) in [5, 5.41) is 7.30. The maximum atomic E-state index is 7.48. The van der Waals surface area contributed by atoms with Crippen molar-refractivity contribution in [2.24, 2.45) is 0 Å². The summed E-state index contributed by atoms with van der Waals surface area (Å²) in [5.74, 6) is 0. The van der Waals surface area contributed by atoms with Crippen LogP contribution in [0.15, 0.2) is 18.3 Å². The number of nitrogens with one attached hydrogen (secondary N) is 1. The predicted octanol–water partition coefficient (Wildman–Crippen LogP) is 1.61. The van der Waals surface area contributed by atoms with Crippen LogP contribution in [0.5, 0.6) is 0 Å². The van der Waals surface area contributed by atoms with Crippen LogP contribution in [0.25, 0.3) is 11.0 Å². The van der Waals surface area contributed by atoms with E-state index in [1.165, 1.54) is 0 Å². The van der Waals surface area contributed by atoms with Crippen LogP contribution in [0.2, 0.25) is 5.15 Å². The minimum Gasteiger partial charge on any atom is -0.345 e. The van der Waals surface area contributed by atoms with Crippen molar-refractivity contribution in [3.63, 3.8) is 0 Å². The van der Waals surface area contributed by atoms with Gasteiger partial charge >= 0.3 is 0 Å². The molecule has 0 bridgehead atoms. The Bertz CT molecular complexity index is 481. The predicted molar refractivity (Wildman–Crippen MR) is 38.9 cm³/mol. The topological polar surface area (TPSA) is 41.6 Å². The molecule has 0 spiro atoms. The van der Waals surface area contributed by atoms with Crippen LogP contribution in [0, 0.1) is 0 Å². The van der Waals surface area contributed by atoms with E-state index in [1.54, 1.807) is 0 Å². The van der Waals surface area contributed by atoms with E-state index in [0.29, 0.717) is 0 Å². The van der Waals surface area contributed by atoms with E-state index in [1.807, 2.05) is 0 Å². The summed E-state index contributed by atoms with van der Waals surface area (Å²) < 4.78 is 22.2. The molecular weight excluding hydrogens is 150 g/mol. The Morgan fingerprint density at radius 3 is 3.40 bits per heavy atom. The molecular formula is C6H4ClN3. The van der Waals surface area contributed by atoms with Gasteiger partial charge in [-0.1, -0.05) is 11.6 Å². The molecule has 2 rings (SSSR count). The summed E-state index contributed by atoms with van der Waals surface area (Å²) >= 11 is 5.55. The van der Waals surface area contributed by atoms with E-state index in [-0.39, 0.29) is 34.4 Å². The van der Waals surface area contributed by atoms with Crippen molar-refractivity contribution < 1.29 is 4.11 Å². The van der Waals surface area contributed by atoms with Gasteiger partial charge in [0.1, 0.15) is 0 Å². The van der Waals surface area contributed by atoms with Crippen molar-refractivity contribution in [2.45, 2.75) is 0 Å². The maximum absolute atomic E-state index is 7.48. The zero-order valence-corrected chi connectivity index (χ0v) is 5.53. The molecule has 1 N–H and O–H groups in total. The zero-order chi connectivity index (χ0) is 9.59. The van der Waals surface area contributed by atoms with E-state index < -0.39 is 0 Å².